The molecule has 1 saturated heterocycles. The van der Waals surface area contributed by atoms with Gasteiger partial charge in [-0.05, 0) is 35.4 Å². The Morgan fingerprint density at radius 1 is 1.15 bits per heavy atom. The summed E-state index contributed by atoms with van der Waals surface area (Å²) in [6, 6.07) is 12.5. The molecular formula is C16H17BrN2O. The third-order valence-corrected chi connectivity index (χ3v) is 4.08. The van der Waals surface area contributed by atoms with Crippen molar-refractivity contribution < 1.29 is 4.74 Å². The van der Waals surface area contributed by atoms with E-state index in [1.165, 1.54) is 11.1 Å². The lowest BCUT2D eigenvalue weighted by Crippen LogP contribution is -2.37. The minimum Gasteiger partial charge on any atom is -0.371 e. The van der Waals surface area contributed by atoms with E-state index in [9.17, 15) is 0 Å². The maximum Gasteiger partial charge on any atom is 0.0952 e. The van der Waals surface area contributed by atoms with Gasteiger partial charge in [-0.15, -0.1) is 0 Å². The van der Waals surface area contributed by atoms with Crippen molar-refractivity contribution in [3.05, 3.63) is 64.4 Å². The molecule has 0 unspecified atom stereocenters. The fraction of sp³-hybridized carbons (Fsp3) is 0.312. The normalized spacial score (nSPS) is 19.9. The van der Waals surface area contributed by atoms with Crippen molar-refractivity contribution in [2.24, 2.45) is 0 Å². The molecule has 1 aliphatic rings. The van der Waals surface area contributed by atoms with Crippen LogP contribution in [0, 0.1) is 0 Å². The summed E-state index contributed by atoms with van der Waals surface area (Å²) >= 11 is 3.47. The summed E-state index contributed by atoms with van der Waals surface area (Å²) < 4.78 is 7.00. The molecule has 20 heavy (non-hydrogen) atoms. The highest BCUT2D eigenvalue weighted by Gasteiger charge is 2.21. The maximum absolute atomic E-state index is 5.90. The molecule has 0 bridgehead atoms. The number of halogens is 1. The Morgan fingerprint density at radius 2 is 1.90 bits per heavy atom. The second-order valence-electron chi connectivity index (χ2n) is 5.00. The molecule has 1 atom stereocenters. The Kier molecular flexibility index (Phi) is 4.45. The lowest BCUT2D eigenvalue weighted by molar-refractivity contribution is -0.0329. The van der Waals surface area contributed by atoms with Crippen LogP contribution >= 0.6 is 15.9 Å². The van der Waals surface area contributed by atoms with Crippen molar-refractivity contribution in [2.75, 3.05) is 19.7 Å². The van der Waals surface area contributed by atoms with E-state index < -0.39 is 0 Å². The molecule has 104 valence electrons. The van der Waals surface area contributed by atoms with Crippen LogP contribution < -0.4 is 0 Å². The highest BCUT2D eigenvalue weighted by atomic mass is 79.9. The molecule has 0 saturated carbocycles. The Balaban J connectivity index is 1.66. The summed E-state index contributed by atoms with van der Waals surface area (Å²) in [6.45, 7) is 3.66. The fourth-order valence-corrected chi connectivity index (χ4v) is 2.74. The molecule has 0 spiro atoms. The average molecular weight is 333 g/mol. The molecule has 0 amide bonds. The first kappa shape index (κ1) is 13.7. The molecule has 0 aliphatic carbocycles. The Morgan fingerprint density at radius 3 is 2.65 bits per heavy atom. The van der Waals surface area contributed by atoms with Crippen LogP contribution in [0.15, 0.2) is 53.3 Å². The van der Waals surface area contributed by atoms with Gasteiger partial charge in [-0.1, -0.05) is 28.1 Å². The van der Waals surface area contributed by atoms with Crippen LogP contribution in [0.3, 0.4) is 0 Å². The summed E-state index contributed by atoms with van der Waals surface area (Å²) in [5.74, 6) is 0. The van der Waals surface area contributed by atoms with Crippen LogP contribution in [0.25, 0.3) is 0 Å². The first-order valence-electron chi connectivity index (χ1n) is 6.79. The van der Waals surface area contributed by atoms with Crippen molar-refractivity contribution in [1.29, 1.82) is 0 Å². The Bertz CT molecular complexity index is 544. The summed E-state index contributed by atoms with van der Waals surface area (Å²) in [4.78, 5) is 6.50. The van der Waals surface area contributed by atoms with E-state index in [2.05, 4.69) is 62.2 Å². The average Bonchev–Trinajstić information content (AvgIpc) is 2.49. The molecule has 1 fully saturated rings. The number of rotatable bonds is 3. The number of hydrogen-bond donors (Lipinski definition) is 0. The molecule has 2 heterocycles. The van der Waals surface area contributed by atoms with Gasteiger partial charge in [-0.3, -0.25) is 9.88 Å². The van der Waals surface area contributed by atoms with Crippen LogP contribution in [0.5, 0.6) is 0 Å². The fourth-order valence-electron chi connectivity index (χ4n) is 2.47. The summed E-state index contributed by atoms with van der Waals surface area (Å²) in [5.41, 5.74) is 2.55. The van der Waals surface area contributed by atoms with E-state index in [0.29, 0.717) is 0 Å². The van der Waals surface area contributed by atoms with Gasteiger partial charge >= 0.3 is 0 Å². The predicted octanol–water partition coefficient (Wildman–Crippen LogP) is 3.42. The van der Waals surface area contributed by atoms with Crippen LogP contribution in [0.4, 0.5) is 0 Å². The number of benzene rings is 1. The number of hydrogen-bond acceptors (Lipinski definition) is 3. The summed E-state index contributed by atoms with van der Waals surface area (Å²) in [5, 5.41) is 0. The van der Waals surface area contributed by atoms with Crippen molar-refractivity contribution >= 4 is 15.9 Å². The minimum atomic E-state index is 0.165. The zero-order chi connectivity index (χ0) is 13.8. The number of pyridine rings is 1. The molecule has 3 nitrogen and oxygen atoms in total. The van der Waals surface area contributed by atoms with Gasteiger partial charge < -0.3 is 4.74 Å². The van der Waals surface area contributed by atoms with Gasteiger partial charge in [0.1, 0.15) is 0 Å². The number of aromatic nitrogens is 1. The van der Waals surface area contributed by atoms with Gasteiger partial charge in [0.25, 0.3) is 0 Å². The van der Waals surface area contributed by atoms with E-state index in [-0.39, 0.29) is 6.10 Å². The lowest BCUT2D eigenvalue weighted by atomic mass is 10.1. The highest BCUT2D eigenvalue weighted by Crippen LogP contribution is 2.24. The van der Waals surface area contributed by atoms with E-state index in [4.69, 9.17) is 4.74 Å². The second-order valence-corrected chi connectivity index (χ2v) is 5.92. The van der Waals surface area contributed by atoms with Gasteiger partial charge in [0.15, 0.2) is 0 Å². The third kappa shape index (κ3) is 3.45. The number of morpholine rings is 1. The van der Waals surface area contributed by atoms with Crippen molar-refractivity contribution in [3.8, 4) is 0 Å². The van der Waals surface area contributed by atoms with Gasteiger partial charge in [-0.2, -0.15) is 0 Å². The molecular weight excluding hydrogens is 316 g/mol. The van der Waals surface area contributed by atoms with E-state index in [0.717, 1.165) is 30.7 Å². The minimum absolute atomic E-state index is 0.165. The predicted molar refractivity (Wildman–Crippen MR) is 82.3 cm³/mol. The van der Waals surface area contributed by atoms with Crippen LogP contribution in [0.2, 0.25) is 0 Å². The van der Waals surface area contributed by atoms with Crippen LogP contribution in [-0.4, -0.2) is 29.6 Å². The largest absolute Gasteiger partial charge is 0.371 e. The summed E-state index contributed by atoms with van der Waals surface area (Å²) in [6.07, 6.45) is 3.86. The van der Waals surface area contributed by atoms with Crippen molar-refractivity contribution in [3.63, 3.8) is 0 Å². The molecule has 1 aromatic heterocycles. The zero-order valence-corrected chi connectivity index (χ0v) is 12.8. The highest BCUT2D eigenvalue weighted by molar-refractivity contribution is 9.10. The van der Waals surface area contributed by atoms with Gasteiger partial charge in [0.2, 0.25) is 0 Å². The zero-order valence-electron chi connectivity index (χ0n) is 11.2. The number of ether oxygens (including phenoxy) is 1. The maximum atomic E-state index is 5.90. The van der Waals surface area contributed by atoms with Crippen LogP contribution in [-0.2, 0) is 11.3 Å². The van der Waals surface area contributed by atoms with Gasteiger partial charge in [0, 0.05) is 36.5 Å². The molecule has 4 heteroatoms. The quantitative estimate of drug-likeness (QED) is 0.861. The number of nitrogens with zero attached hydrogens (tertiary/aromatic N) is 2. The topological polar surface area (TPSA) is 25.4 Å². The van der Waals surface area contributed by atoms with Crippen molar-refractivity contribution in [2.45, 2.75) is 12.6 Å². The Hall–Kier alpha value is -1.23. The van der Waals surface area contributed by atoms with E-state index >= 15 is 0 Å². The van der Waals surface area contributed by atoms with E-state index in [1.54, 1.807) is 0 Å². The first-order valence-corrected chi connectivity index (χ1v) is 7.59. The molecule has 2 aromatic rings. The monoisotopic (exact) mass is 332 g/mol. The van der Waals surface area contributed by atoms with E-state index in [1.807, 2.05) is 12.4 Å². The standard InChI is InChI=1S/C16H17BrN2O/c17-15-3-1-14(2-4-15)16-12-19(9-10-20-16)11-13-5-7-18-8-6-13/h1-8,16H,9-12H2/t16-/m0/s1. The van der Waals surface area contributed by atoms with Gasteiger partial charge in [-0.25, -0.2) is 0 Å². The third-order valence-electron chi connectivity index (χ3n) is 3.55. The Labute approximate surface area is 127 Å². The summed E-state index contributed by atoms with van der Waals surface area (Å²) in [7, 11) is 0. The first-order chi connectivity index (χ1) is 9.81. The van der Waals surface area contributed by atoms with Gasteiger partial charge in [0.05, 0.1) is 12.7 Å². The van der Waals surface area contributed by atoms with Crippen molar-refractivity contribution in [1.82, 2.24) is 9.88 Å². The second kappa shape index (κ2) is 6.48. The molecule has 3 rings (SSSR count). The molecule has 0 N–H and O–H groups in total. The smallest absolute Gasteiger partial charge is 0.0952 e. The molecule has 0 radical (unpaired) electrons. The SMILES string of the molecule is Brc1ccc([C@@H]2CN(Cc3ccncc3)CCO2)cc1. The lowest BCUT2D eigenvalue weighted by Gasteiger charge is -2.33. The van der Waals surface area contributed by atoms with Crippen LogP contribution in [0.1, 0.15) is 17.2 Å². The molecule has 1 aliphatic heterocycles. The molecule has 1 aromatic carbocycles.